The molecule has 0 aliphatic heterocycles. The molecule has 0 aromatic heterocycles. The lowest BCUT2D eigenvalue weighted by Crippen LogP contribution is -2.39. The Morgan fingerprint density at radius 2 is 1.76 bits per heavy atom. The van der Waals surface area contributed by atoms with Gasteiger partial charge in [0.15, 0.2) is 0 Å². The molecule has 0 heterocycles. The molecule has 1 aromatic rings. The van der Waals surface area contributed by atoms with Gasteiger partial charge in [-0.2, -0.15) is 0 Å². The molecule has 116 valence electrons. The summed E-state index contributed by atoms with van der Waals surface area (Å²) in [5.74, 6) is 0.110. The fourth-order valence-corrected chi connectivity index (χ4v) is 1.87. The van der Waals surface area contributed by atoms with Gasteiger partial charge in [-0.1, -0.05) is 12.1 Å². The van der Waals surface area contributed by atoms with Crippen molar-refractivity contribution in [3.63, 3.8) is 0 Å². The SMILES string of the molecule is CC(N)C(=O)NC(C)c1ccc(NC(=O)C2CC2)cc1.Cl. The molecule has 0 spiro atoms. The van der Waals surface area contributed by atoms with E-state index in [4.69, 9.17) is 5.73 Å². The number of nitrogens with one attached hydrogen (secondary N) is 2. The number of benzene rings is 1. The van der Waals surface area contributed by atoms with Gasteiger partial charge in [-0.3, -0.25) is 9.59 Å². The van der Waals surface area contributed by atoms with Crippen LogP contribution in [0.5, 0.6) is 0 Å². The molecule has 2 atom stereocenters. The van der Waals surface area contributed by atoms with Crippen LogP contribution in [0.15, 0.2) is 24.3 Å². The summed E-state index contributed by atoms with van der Waals surface area (Å²) in [7, 11) is 0. The van der Waals surface area contributed by atoms with E-state index in [1.807, 2.05) is 31.2 Å². The van der Waals surface area contributed by atoms with Crippen LogP contribution >= 0.6 is 12.4 Å². The summed E-state index contributed by atoms with van der Waals surface area (Å²) in [5.41, 5.74) is 7.28. The average molecular weight is 312 g/mol. The van der Waals surface area contributed by atoms with Crippen molar-refractivity contribution >= 4 is 29.9 Å². The molecule has 1 aromatic carbocycles. The minimum atomic E-state index is -0.519. The smallest absolute Gasteiger partial charge is 0.237 e. The quantitative estimate of drug-likeness (QED) is 0.777. The second-order valence-corrected chi connectivity index (χ2v) is 5.40. The topological polar surface area (TPSA) is 84.2 Å². The number of anilines is 1. The van der Waals surface area contributed by atoms with E-state index < -0.39 is 6.04 Å². The molecule has 21 heavy (non-hydrogen) atoms. The Kier molecular flexibility index (Phi) is 6.18. The molecular weight excluding hydrogens is 290 g/mol. The van der Waals surface area contributed by atoms with Crippen molar-refractivity contribution < 1.29 is 9.59 Å². The van der Waals surface area contributed by atoms with Crippen LogP contribution in [0.3, 0.4) is 0 Å². The first-order chi connectivity index (χ1) is 9.47. The second kappa shape index (κ2) is 7.43. The molecule has 0 saturated heterocycles. The molecule has 6 heteroatoms. The third-order valence-corrected chi connectivity index (χ3v) is 3.40. The van der Waals surface area contributed by atoms with E-state index in [1.165, 1.54) is 0 Å². The molecule has 2 unspecified atom stereocenters. The summed E-state index contributed by atoms with van der Waals surface area (Å²) >= 11 is 0. The van der Waals surface area contributed by atoms with Crippen LogP contribution in [0.25, 0.3) is 0 Å². The van der Waals surface area contributed by atoms with E-state index >= 15 is 0 Å². The Morgan fingerprint density at radius 3 is 2.24 bits per heavy atom. The normalized spacial score (nSPS) is 16.3. The zero-order chi connectivity index (χ0) is 14.7. The first-order valence-electron chi connectivity index (χ1n) is 6.94. The number of carbonyl (C=O) groups is 2. The van der Waals surface area contributed by atoms with E-state index in [-0.39, 0.29) is 36.2 Å². The maximum atomic E-state index is 11.6. The molecule has 2 amide bonds. The van der Waals surface area contributed by atoms with Crippen molar-refractivity contribution in [1.29, 1.82) is 0 Å². The summed E-state index contributed by atoms with van der Waals surface area (Å²) in [6, 6.07) is 6.87. The van der Waals surface area contributed by atoms with Crippen molar-refractivity contribution in [2.75, 3.05) is 5.32 Å². The minimum Gasteiger partial charge on any atom is -0.348 e. The third kappa shape index (κ3) is 5.02. The highest BCUT2D eigenvalue weighted by Gasteiger charge is 2.29. The van der Waals surface area contributed by atoms with Crippen LogP contribution in [0.2, 0.25) is 0 Å². The standard InChI is InChI=1S/C15H21N3O2.ClH/c1-9(16)14(19)17-10(2)11-5-7-13(8-6-11)18-15(20)12-3-4-12;/h5-10,12H,3-4,16H2,1-2H3,(H,17,19)(H,18,20);1H. The van der Waals surface area contributed by atoms with Gasteiger partial charge in [0.2, 0.25) is 11.8 Å². The average Bonchev–Trinajstić information content (AvgIpc) is 3.23. The van der Waals surface area contributed by atoms with E-state index in [1.54, 1.807) is 6.92 Å². The second-order valence-electron chi connectivity index (χ2n) is 5.40. The van der Waals surface area contributed by atoms with Crippen LogP contribution in [0.4, 0.5) is 5.69 Å². The highest BCUT2D eigenvalue weighted by Crippen LogP contribution is 2.30. The highest BCUT2D eigenvalue weighted by molar-refractivity contribution is 5.94. The Bertz CT molecular complexity index is 498. The summed E-state index contributed by atoms with van der Waals surface area (Å²) in [6.07, 6.45) is 1.98. The maximum absolute atomic E-state index is 11.6. The fraction of sp³-hybridized carbons (Fsp3) is 0.467. The number of carbonyl (C=O) groups excluding carboxylic acids is 2. The molecular formula is C15H22ClN3O2. The van der Waals surface area contributed by atoms with Gasteiger partial charge in [-0.25, -0.2) is 0 Å². The lowest BCUT2D eigenvalue weighted by molar-refractivity contribution is -0.122. The van der Waals surface area contributed by atoms with Gasteiger partial charge in [-0.05, 0) is 44.4 Å². The molecule has 1 fully saturated rings. The van der Waals surface area contributed by atoms with Crippen molar-refractivity contribution in [3.05, 3.63) is 29.8 Å². The third-order valence-electron chi connectivity index (χ3n) is 3.40. The van der Waals surface area contributed by atoms with E-state index in [0.717, 1.165) is 24.1 Å². The fourth-order valence-electron chi connectivity index (χ4n) is 1.87. The lowest BCUT2D eigenvalue weighted by Gasteiger charge is -2.16. The van der Waals surface area contributed by atoms with Crippen molar-refractivity contribution in [1.82, 2.24) is 5.32 Å². The number of amides is 2. The summed E-state index contributed by atoms with van der Waals surface area (Å²) < 4.78 is 0. The van der Waals surface area contributed by atoms with Crippen LogP contribution in [-0.4, -0.2) is 17.9 Å². The number of nitrogens with two attached hydrogens (primary N) is 1. The van der Waals surface area contributed by atoms with Gasteiger partial charge < -0.3 is 16.4 Å². The van der Waals surface area contributed by atoms with E-state index in [0.29, 0.717) is 0 Å². The van der Waals surface area contributed by atoms with Crippen LogP contribution < -0.4 is 16.4 Å². The number of hydrogen-bond acceptors (Lipinski definition) is 3. The largest absolute Gasteiger partial charge is 0.348 e. The zero-order valence-electron chi connectivity index (χ0n) is 12.3. The molecule has 5 nitrogen and oxygen atoms in total. The van der Waals surface area contributed by atoms with Crippen LogP contribution in [-0.2, 0) is 9.59 Å². The maximum Gasteiger partial charge on any atom is 0.237 e. The Balaban J connectivity index is 0.00000220. The first kappa shape index (κ1) is 17.5. The molecule has 1 aliphatic rings. The minimum absolute atomic E-state index is 0. The first-order valence-corrected chi connectivity index (χ1v) is 6.94. The highest BCUT2D eigenvalue weighted by atomic mass is 35.5. The molecule has 1 aliphatic carbocycles. The van der Waals surface area contributed by atoms with Gasteiger partial charge in [-0.15, -0.1) is 12.4 Å². The van der Waals surface area contributed by atoms with Crippen LogP contribution in [0, 0.1) is 5.92 Å². The number of rotatable bonds is 5. The monoisotopic (exact) mass is 311 g/mol. The van der Waals surface area contributed by atoms with Gasteiger partial charge in [0.25, 0.3) is 0 Å². The molecule has 4 N–H and O–H groups in total. The predicted octanol–water partition coefficient (Wildman–Crippen LogP) is 1.98. The van der Waals surface area contributed by atoms with E-state index in [9.17, 15) is 9.59 Å². The Hall–Kier alpha value is -1.59. The van der Waals surface area contributed by atoms with Crippen molar-refractivity contribution in [2.24, 2.45) is 11.7 Å². The Labute approximate surface area is 131 Å². The predicted molar refractivity (Wildman–Crippen MR) is 85.3 cm³/mol. The zero-order valence-corrected chi connectivity index (χ0v) is 13.1. The van der Waals surface area contributed by atoms with Crippen molar-refractivity contribution in [3.8, 4) is 0 Å². The lowest BCUT2D eigenvalue weighted by atomic mass is 10.1. The molecule has 1 saturated carbocycles. The molecule has 2 rings (SSSR count). The number of halogens is 1. The Morgan fingerprint density at radius 1 is 1.19 bits per heavy atom. The summed E-state index contributed by atoms with van der Waals surface area (Å²) in [6.45, 7) is 3.55. The molecule has 0 radical (unpaired) electrons. The van der Waals surface area contributed by atoms with Crippen molar-refractivity contribution in [2.45, 2.75) is 38.8 Å². The van der Waals surface area contributed by atoms with Crippen LogP contribution in [0.1, 0.15) is 38.3 Å². The molecule has 0 bridgehead atoms. The summed E-state index contributed by atoms with van der Waals surface area (Å²) in [4.78, 5) is 23.2. The number of hydrogen-bond donors (Lipinski definition) is 3. The van der Waals surface area contributed by atoms with Gasteiger partial charge >= 0.3 is 0 Å². The van der Waals surface area contributed by atoms with Gasteiger partial charge in [0.05, 0.1) is 12.1 Å². The van der Waals surface area contributed by atoms with Gasteiger partial charge in [0.1, 0.15) is 0 Å². The van der Waals surface area contributed by atoms with E-state index in [2.05, 4.69) is 10.6 Å². The summed E-state index contributed by atoms with van der Waals surface area (Å²) in [5, 5.41) is 5.72. The van der Waals surface area contributed by atoms with Gasteiger partial charge in [0, 0.05) is 11.6 Å².